The number of para-hydroxylation sites is 1. The topological polar surface area (TPSA) is 41.8 Å². The molecule has 8 heteroatoms. The SMILES string of the molecule is NCCc1c[nH]c2ccccc12.[Cl-].[Cl-].[Cl-].[Cl-].[Cl-].[V+5]. The van der Waals surface area contributed by atoms with E-state index < -0.39 is 0 Å². The van der Waals surface area contributed by atoms with Crippen LogP contribution in [-0.4, -0.2) is 11.5 Å². The molecule has 0 fully saturated rings. The number of halogens is 5. The van der Waals surface area contributed by atoms with Gasteiger partial charge in [0, 0.05) is 17.1 Å². The van der Waals surface area contributed by atoms with Gasteiger partial charge in [-0.3, -0.25) is 0 Å². The minimum absolute atomic E-state index is 0. The zero-order valence-corrected chi connectivity index (χ0v) is 14.4. The fourth-order valence-electron chi connectivity index (χ4n) is 1.49. The minimum atomic E-state index is 0. The van der Waals surface area contributed by atoms with Gasteiger partial charge in [0.25, 0.3) is 0 Å². The molecule has 0 aliphatic carbocycles. The summed E-state index contributed by atoms with van der Waals surface area (Å²) in [5.41, 5.74) is 8.01. The first-order chi connectivity index (χ1) is 5.92. The van der Waals surface area contributed by atoms with Gasteiger partial charge >= 0.3 is 18.6 Å². The van der Waals surface area contributed by atoms with E-state index in [1.807, 2.05) is 12.3 Å². The van der Waals surface area contributed by atoms with Crippen molar-refractivity contribution >= 4 is 10.9 Å². The van der Waals surface area contributed by atoms with E-state index in [0.29, 0.717) is 6.54 Å². The third kappa shape index (κ3) is 7.37. The number of hydrogen-bond acceptors (Lipinski definition) is 1. The number of aromatic amines is 1. The molecule has 1 aromatic heterocycles. The number of hydrogen-bond donors (Lipinski definition) is 2. The van der Waals surface area contributed by atoms with Gasteiger partial charge in [-0.15, -0.1) is 0 Å². The molecule has 2 aromatic rings. The number of benzene rings is 1. The summed E-state index contributed by atoms with van der Waals surface area (Å²) in [6, 6.07) is 8.29. The van der Waals surface area contributed by atoms with E-state index in [4.69, 9.17) is 5.73 Å². The summed E-state index contributed by atoms with van der Waals surface area (Å²) >= 11 is 0. The first-order valence-electron chi connectivity index (χ1n) is 4.17. The second kappa shape index (κ2) is 15.8. The molecule has 102 valence electrons. The third-order valence-electron chi connectivity index (χ3n) is 2.09. The van der Waals surface area contributed by atoms with E-state index in [0.717, 1.165) is 6.42 Å². The Balaban J connectivity index is -0.0000000939. The molecule has 1 aromatic carbocycles. The Hall–Kier alpha value is 0.754. The van der Waals surface area contributed by atoms with Crippen LogP contribution in [-0.2, 0) is 25.0 Å². The molecular formula is C10H12Cl5N2V. The van der Waals surface area contributed by atoms with Crippen molar-refractivity contribution in [3.05, 3.63) is 36.0 Å². The van der Waals surface area contributed by atoms with Crippen LogP contribution in [0.3, 0.4) is 0 Å². The van der Waals surface area contributed by atoms with Gasteiger partial charge < -0.3 is 72.8 Å². The van der Waals surface area contributed by atoms with Crippen LogP contribution >= 0.6 is 0 Å². The monoisotopic (exact) mass is 386 g/mol. The Bertz CT molecular complexity index is 396. The molecule has 2 rings (SSSR count). The molecule has 0 amide bonds. The Morgan fingerprint density at radius 1 is 0.944 bits per heavy atom. The van der Waals surface area contributed by atoms with Crippen LogP contribution in [0.4, 0.5) is 0 Å². The van der Waals surface area contributed by atoms with Crippen molar-refractivity contribution in [3.63, 3.8) is 0 Å². The fourth-order valence-corrected chi connectivity index (χ4v) is 1.49. The Morgan fingerprint density at radius 3 is 2.06 bits per heavy atom. The fraction of sp³-hybridized carbons (Fsp3) is 0.200. The Kier molecular flexibility index (Phi) is 27.4. The van der Waals surface area contributed by atoms with Gasteiger partial charge in [-0.1, -0.05) is 18.2 Å². The molecule has 0 aliphatic heterocycles. The zero-order valence-electron chi connectivity index (χ0n) is 9.22. The van der Waals surface area contributed by atoms with Crippen LogP contribution < -0.4 is 67.8 Å². The van der Waals surface area contributed by atoms with Gasteiger partial charge in [0.05, 0.1) is 0 Å². The van der Waals surface area contributed by atoms with Crippen LogP contribution in [0.2, 0.25) is 0 Å². The zero-order chi connectivity index (χ0) is 8.39. The maximum atomic E-state index is 5.50. The first-order valence-corrected chi connectivity index (χ1v) is 4.17. The number of nitrogens with two attached hydrogens (primary N) is 1. The summed E-state index contributed by atoms with van der Waals surface area (Å²) in [5, 5.41) is 1.29. The standard InChI is InChI=1S/C10H12N2.5ClH.V/c11-6-5-8-7-12-10-4-2-1-3-9(8)10;;;;;;/h1-4,7,12H,5-6,11H2;5*1H;/q;;;;;;+5/p-5. The number of rotatable bonds is 2. The van der Waals surface area contributed by atoms with E-state index in [9.17, 15) is 0 Å². The molecule has 0 aliphatic rings. The van der Waals surface area contributed by atoms with E-state index >= 15 is 0 Å². The molecule has 1 heterocycles. The summed E-state index contributed by atoms with van der Waals surface area (Å²) in [5.74, 6) is 0. The van der Waals surface area contributed by atoms with Gasteiger partial charge in [-0.25, -0.2) is 0 Å². The second-order valence-corrected chi connectivity index (χ2v) is 2.90. The average Bonchev–Trinajstić information content (AvgIpc) is 2.50. The van der Waals surface area contributed by atoms with Crippen molar-refractivity contribution in [2.45, 2.75) is 6.42 Å². The van der Waals surface area contributed by atoms with E-state index in [1.165, 1.54) is 16.5 Å². The van der Waals surface area contributed by atoms with Crippen molar-refractivity contribution in [1.29, 1.82) is 0 Å². The van der Waals surface area contributed by atoms with Crippen molar-refractivity contribution in [2.24, 2.45) is 5.73 Å². The molecule has 0 spiro atoms. The summed E-state index contributed by atoms with van der Waals surface area (Å²) in [4.78, 5) is 3.22. The summed E-state index contributed by atoms with van der Waals surface area (Å²) < 4.78 is 0. The summed E-state index contributed by atoms with van der Waals surface area (Å²) in [7, 11) is 0. The molecule has 0 atom stereocenters. The van der Waals surface area contributed by atoms with Crippen molar-refractivity contribution < 1.29 is 80.6 Å². The van der Waals surface area contributed by atoms with Crippen molar-refractivity contribution in [1.82, 2.24) is 4.98 Å². The quantitative estimate of drug-likeness (QED) is 0.527. The van der Waals surface area contributed by atoms with E-state index in [-0.39, 0.29) is 80.6 Å². The van der Waals surface area contributed by atoms with Gasteiger partial charge in [-0.05, 0) is 24.6 Å². The average molecular weight is 388 g/mol. The molecule has 0 saturated carbocycles. The normalized spacial score (nSPS) is 7.17. The van der Waals surface area contributed by atoms with Gasteiger partial charge in [0.1, 0.15) is 0 Å². The maximum Gasteiger partial charge on any atom is 5.00 e. The maximum absolute atomic E-state index is 5.50. The summed E-state index contributed by atoms with van der Waals surface area (Å²) in [6.07, 6.45) is 2.99. The van der Waals surface area contributed by atoms with Crippen LogP contribution in [0.1, 0.15) is 5.56 Å². The number of fused-ring (bicyclic) bond motifs is 1. The molecule has 0 unspecified atom stereocenters. The predicted molar refractivity (Wildman–Crippen MR) is 51.1 cm³/mol. The summed E-state index contributed by atoms with van der Waals surface area (Å²) in [6.45, 7) is 0.710. The molecule has 0 radical (unpaired) electrons. The van der Waals surface area contributed by atoms with Gasteiger partial charge in [0.15, 0.2) is 0 Å². The molecular weight excluding hydrogens is 376 g/mol. The van der Waals surface area contributed by atoms with Crippen LogP contribution in [0.5, 0.6) is 0 Å². The number of nitrogens with one attached hydrogen (secondary N) is 1. The Labute approximate surface area is 150 Å². The molecule has 0 saturated heterocycles. The van der Waals surface area contributed by atoms with Gasteiger partial charge in [0.2, 0.25) is 0 Å². The Morgan fingerprint density at radius 2 is 1.50 bits per heavy atom. The van der Waals surface area contributed by atoms with Crippen LogP contribution in [0, 0.1) is 0 Å². The number of H-pyrrole nitrogens is 1. The minimum Gasteiger partial charge on any atom is -1.00 e. The van der Waals surface area contributed by atoms with E-state index in [2.05, 4.69) is 23.2 Å². The smallest absolute Gasteiger partial charge is 1.00 e. The van der Waals surface area contributed by atoms with E-state index in [1.54, 1.807) is 0 Å². The number of aromatic nitrogens is 1. The predicted octanol–water partition coefficient (Wildman–Crippen LogP) is -13.3. The van der Waals surface area contributed by atoms with Crippen LogP contribution in [0.15, 0.2) is 30.5 Å². The molecule has 18 heavy (non-hydrogen) atoms. The van der Waals surface area contributed by atoms with Crippen molar-refractivity contribution in [3.8, 4) is 0 Å². The second-order valence-electron chi connectivity index (χ2n) is 2.90. The van der Waals surface area contributed by atoms with Crippen LogP contribution in [0.25, 0.3) is 10.9 Å². The molecule has 3 N–H and O–H groups in total. The molecule has 0 bridgehead atoms. The largest absolute Gasteiger partial charge is 5.00 e. The first kappa shape index (κ1) is 31.2. The molecule has 2 nitrogen and oxygen atoms in total. The third-order valence-corrected chi connectivity index (χ3v) is 2.09. The van der Waals surface area contributed by atoms with Crippen molar-refractivity contribution in [2.75, 3.05) is 6.54 Å². The van der Waals surface area contributed by atoms with Gasteiger partial charge in [-0.2, -0.15) is 0 Å².